The van der Waals surface area contributed by atoms with Gasteiger partial charge < -0.3 is 29.5 Å². The van der Waals surface area contributed by atoms with Crippen molar-refractivity contribution >= 4 is 62.2 Å². The van der Waals surface area contributed by atoms with Gasteiger partial charge in [-0.3, -0.25) is 29.4 Å². The minimum Gasteiger partial charge on any atom is -0.482 e. The third-order valence-electron chi connectivity index (χ3n) is 11.9. The fraction of sp³-hybridized carbons (Fsp3) is 0.312. The van der Waals surface area contributed by atoms with Crippen molar-refractivity contribution in [3.8, 4) is 11.5 Å². The molecule has 0 spiro atoms. The molecule has 0 radical (unpaired) electrons. The molecule has 10 rings (SSSR count). The number of esters is 1. The molecule has 0 bridgehead atoms. The first-order valence-corrected chi connectivity index (χ1v) is 21.0. The SMILES string of the molecule is Cc1ccc2c(N3CCN(CC(=O)c4ccc5c(c4)N(C)CC(=O)O5)CC3)cccc2n1.Cc1ccc2c(N3CCN(Cc4ccc5c(c4)NC(=O)CO5)CC3)cccc2n1. The summed E-state index contributed by atoms with van der Waals surface area (Å²) >= 11 is 0. The minimum absolute atomic E-state index is 0.0800. The number of carbonyl (C=O) groups excluding carboxylic acids is 3. The molecular weight excluding hydrogens is 769 g/mol. The number of anilines is 4. The molecule has 2 fully saturated rings. The van der Waals surface area contributed by atoms with Crippen LogP contribution < -0.4 is 29.5 Å². The highest BCUT2D eigenvalue weighted by molar-refractivity contribution is 6.00. The van der Waals surface area contributed by atoms with Gasteiger partial charge in [0.05, 0.1) is 29.0 Å². The summed E-state index contributed by atoms with van der Waals surface area (Å²) in [6, 6.07) is 32.4. The summed E-state index contributed by atoms with van der Waals surface area (Å²) in [6.45, 7) is 12.9. The number of carbonyl (C=O) groups is 3. The van der Waals surface area contributed by atoms with Crippen LogP contribution >= 0.6 is 0 Å². The number of amides is 1. The Balaban J connectivity index is 0.000000157. The van der Waals surface area contributed by atoms with E-state index in [4.69, 9.17) is 9.47 Å². The second kappa shape index (κ2) is 17.2. The molecule has 13 heteroatoms. The minimum atomic E-state index is -0.283. The number of ketones is 1. The number of aromatic nitrogens is 2. The van der Waals surface area contributed by atoms with Crippen LogP contribution in [0.4, 0.5) is 22.7 Å². The van der Waals surface area contributed by atoms with Gasteiger partial charge in [0.1, 0.15) is 12.3 Å². The van der Waals surface area contributed by atoms with E-state index in [1.165, 1.54) is 27.7 Å². The van der Waals surface area contributed by atoms with E-state index in [2.05, 4.69) is 102 Å². The van der Waals surface area contributed by atoms with E-state index in [0.717, 1.165) is 98.4 Å². The van der Waals surface area contributed by atoms with Gasteiger partial charge in [-0.15, -0.1) is 0 Å². The first-order valence-electron chi connectivity index (χ1n) is 21.0. The van der Waals surface area contributed by atoms with Crippen LogP contribution in [0.1, 0.15) is 27.3 Å². The van der Waals surface area contributed by atoms with Gasteiger partial charge in [-0.2, -0.15) is 0 Å². The maximum atomic E-state index is 12.9. The summed E-state index contributed by atoms with van der Waals surface area (Å²) in [5.74, 6) is 0.958. The number of hydrogen-bond acceptors (Lipinski definition) is 12. The lowest BCUT2D eigenvalue weighted by Gasteiger charge is -2.36. The molecule has 4 aliphatic rings. The second-order valence-electron chi connectivity index (χ2n) is 16.2. The molecule has 1 N–H and O–H groups in total. The smallest absolute Gasteiger partial charge is 0.330 e. The first-order chi connectivity index (χ1) is 29.6. The van der Waals surface area contributed by atoms with Crippen molar-refractivity contribution in [2.75, 3.05) is 99.1 Å². The summed E-state index contributed by atoms with van der Waals surface area (Å²) in [5.41, 5.74) is 9.99. The van der Waals surface area contributed by atoms with Crippen molar-refractivity contribution in [2.45, 2.75) is 20.4 Å². The molecule has 2 saturated heterocycles. The lowest BCUT2D eigenvalue weighted by molar-refractivity contribution is -0.133. The number of Topliss-reactive ketones (excluding diaryl/α,β-unsaturated/α-hetero) is 1. The molecule has 0 aliphatic carbocycles. The summed E-state index contributed by atoms with van der Waals surface area (Å²) in [6.07, 6.45) is 0. The van der Waals surface area contributed by atoms with Gasteiger partial charge in [0, 0.05) is 105 Å². The highest BCUT2D eigenvalue weighted by Crippen LogP contribution is 2.33. The number of pyridine rings is 2. The number of piperazine rings is 2. The Hall–Kier alpha value is -6.57. The predicted molar refractivity (Wildman–Crippen MR) is 239 cm³/mol. The van der Waals surface area contributed by atoms with E-state index in [0.29, 0.717) is 17.9 Å². The average Bonchev–Trinajstić information content (AvgIpc) is 3.26. The largest absolute Gasteiger partial charge is 0.482 e. The highest BCUT2D eigenvalue weighted by Gasteiger charge is 2.26. The van der Waals surface area contributed by atoms with E-state index in [1.807, 2.05) is 44.0 Å². The quantitative estimate of drug-likeness (QED) is 0.114. The molecule has 1 amide bonds. The van der Waals surface area contributed by atoms with E-state index in [1.54, 1.807) is 12.1 Å². The number of aryl methyl sites for hydroxylation is 2. The van der Waals surface area contributed by atoms with Gasteiger partial charge in [-0.25, -0.2) is 4.79 Å². The maximum Gasteiger partial charge on any atom is 0.330 e. The van der Waals surface area contributed by atoms with Crippen LogP contribution in [-0.4, -0.2) is 117 Å². The Morgan fingerprint density at radius 3 is 1.92 bits per heavy atom. The number of nitrogens with one attached hydrogen (secondary N) is 1. The van der Waals surface area contributed by atoms with Crippen molar-refractivity contribution in [1.29, 1.82) is 0 Å². The van der Waals surface area contributed by atoms with Crippen LogP contribution in [0.5, 0.6) is 11.5 Å². The van der Waals surface area contributed by atoms with E-state index in [9.17, 15) is 14.4 Å². The Morgan fingerprint density at radius 1 is 0.672 bits per heavy atom. The van der Waals surface area contributed by atoms with Gasteiger partial charge in [-0.1, -0.05) is 18.2 Å². The van der Waals surface area contributed by atoms with Crippen molar-refractivity contribution < 1.29 is 23.9 Å². The van der Waals surface area contributed by atoms with E-state index >= 15 is 0 Å². The molecule has 61 heavy (non-hydrogen) atoms. The van der Waals surface area contributed by atoms with Crippen molar-refractivity contribution in [2.24, 2.45) is 0 Å². The zero-order chi connectivity index (χ0) is 42.0. The van der Waals surface area contributed by atoms with Crippen LogP contribution in [0, 0.1) is 13.8 Å². The number of hydrogen-bond donors (Lipinski definition) is 1. The number of fused-ring (bicyclic) bond motifs is 4. The molecule has 312 valence electrons. The average molecular weight is 819 g/mol. The highest BCUT2D eigenvalue weighted by atomic mass is 16.5. The fourth-order valence-corrected chi connectivity index (χ4v) is 8.62. The summed E-state index contributed by atoms with van der Waals surface area (Å²) in [5, 5.41) is 5.28. The summed E-state index contributed by atoms with van der Waals surface area (Å²) in [7, 11) is 1.83. The number of likely N-dealkylation sites (N-methyl/N-ethyl adjacent to an activating group) is 1. The van der Waals surface area contributed by atoms with Crippen LogP contribution in [-0.2, 0) is 16.1 Å². The van der Waals surface area contributed by atoms with Crippen LogP contribution in [0.3, 0.4) is 0 Å². The maximum absolute atomic E-state index is 12.9. The lowest BCUT2D eigenvalue weighted by Crippen LogP contribution is -2.48. The van der Waals surface area contributed by atoms with Gasteiger partial charge in [0.15, 0.2) is 18.1 Å². The Labute approximate surface area is 355 Å². The standard InChI is InChI=1S/C25H26N4O3.C23H24N4O2/c1-17-6-8-19-20(26-17)4-3-5-21(19)29-12-10-28(11-13-29)15-23(30)18-7-9-24-22(14-18)27(2)16-25(31)32-24;1-16-5-7-18-19(24-16)3-2-4-21(18)27-11-9-26(10-12-27)14-17-6-8-22-20(13-17)25-23(28)15-29-22/h3-9,14H,10-13,15-16H2,1-2H3;2-8,13H,9-12,14-15H2,1H3,(H,25,28). The number of nitrogens with zero attached hydrogens (tertiary/aromatic N) is 7. The summed E-state index contributed by atoms with van der Waals surface area (Å²) in [4.78, 5) is 56.7. The molecule has 4 aliphatic heterocycles. The van der Waals surface area contributed by atoms with Crippen LogP contribution in [0.15, 0.2) is 97.1 Å². The Kier molecular flexibility index (Phi) is 11.2. The zero-order valence-corrected chi connectivity index (χ0v) is 34.9. The molecule has 13 nitrogen and oxygen atoms in total. The zero-order valence-electron chi connectivity index (χ0n) is 34.9. The van der Waals surface area contributed by atoms with Gasteiger partial charge in [0.2, 0.25) is 0 Å². The number of benzene rings is 4. The molecule has 6 aromatic rings. The monoisotopic (exact) mass is 818 g/mol. The third-order valence-corrected chi connectivity index (χ3v) is 11.9. The van der Waals surface area contributed by atoms with E-state index in [-0.39, 0.29) is 30.8 Å². The van der Waals surface area contributed by atoms with Crippen molar-refractivity contribution in [3.05, 3.63) is 120 Å². The fourth-order valence-electron chi connectivity index (χ4n) is 8.62. The van der Waals surface area contributed by atoms with Crippen LogP contribution in [0.25, 0.3) is 21.8 Å². The van der Waals surface area contributed by atoms with Gasteiger partial charge >= 0.3 is 5.97 Å². The summed E-state index contributed by atoms with van der Waals surface area (Å²) < 4.78 is 10.7. The molecule has 0 unspecified atom stereocenters. The first kappa shape index (κ1) is 39.9. The van der Waals surface area contributed by atoms with Crippen LogP contribution in [0.2, 0.25) is 0 Å². The third kappa shape index (κ3) is 8.84. The normalized spacial score (nSPS) is 16.9. The Bertz CT molecular complexity index is 2640. The molecular formula is C48H50N8O5. The van der Waals surface area contributed by atoms with Gasteiger partial charge in [-0.05, 0) is 98.3 Å². The molecule has 2 aromatic heterocycles. The van der Waals surface area contributed by atoms with Gasteiger partial charge in [0.25, 0.3) is 5.91 Å². The van der Waals surface area contributed by atoms with Crippen molar-refractivity contribution in [1.82, 2.24) is 19.8 Å². The lowest BCUT2D eigenvalue weighted by atomic mass is 10.1. The molecule has 0 atom stereocenters. The molecule has 4 aromatic carbocycles. The predicted octanol–water partition coefficient (Wildman–Crippen LogP) is 6.10. The molecule has 0 saturated carbocycles. The van der Waals surface area contributed by atoms with E-state index < -0.39 is 0 Å². The number of ether oxygens (including phenoxy) is 2. The second-order valence-corrected chi connectivity index (χ2v) is 16.2. The number of rotatable bonds is 7. The Morgan fingerprint density at radius 2 is 1.28 bits per heavy atom. The topological polar surface area (TPSA) is 124 Å². The molecule has 6 heterocycles. The van der Waals surface area contributed by atoms with Crippen molar-refractivity contribution in [3.63, 3.8) is 0 Å².